The van der Waals surface area contributed by atoms with Crippen molar-refractivity contribution in [3.8, 4) is 21.1 Å². The minimum Gasteiger partial charge on any atom is -0.376 e. The molecule has 1 aliphatic rings. The number of urea groups is 1. The van der Waals surface area contributed by atoms with Crippen molar-refractivity contribution < 1.29 is 9.53 Å². The first-order valence-electron chi connectivity index (χ1n) is 9.49. The summed E-state index contributed by atoms with van der Waals surface area (Å²) in [5, 5.41) is 2.68. The molecule has 1 aliphatic heterocycles. The molecule has 0 spiro atoms. The summed E-state index contributed by atoms with van der Waals surface area (Å²) < 4.78 is 5.61. The second-order valence-corrected chi connectivity index (χ2v) is 8.08. The largest absolute Gasteiger partial charge is 0.376 e. The molecule has 29 heavy (non-hydrogen) atoms. The Kier molecular flexibility index (Phi) is 5.84. The fraction of sp³-hybridized carbons (Fsp3) is 0.286. The minimum atomic E-state index is -0.610. The van der Waals surface area contributed by atoms with Gasteiger partial charge < -0.3 is 15.8 Å². The lowest BCUT2D eigenvalue weighted by Crippen LogP contribution is -2.40. The average molecular weight is 410 g/mol. The SMILES string of the molecule is C[C@H]1CN(Cc2ccc(-c3cc(NC(N)=O)c(-c4ncccn4)s3)cc2)CCO1. The molecule has 1 aromatic carbocycles. The summed E-state index contributed by atoms with van der Waals surface area (Å²) in [5.41, 5.74) is 8.30. The second kappa shape index (κ2) is 8.69. The number of primary amides is 1. The fourth-order valence-electron chi connectivity index (χ4n) is 3.41. The number of morpholine rings is 1. The van der Waals surface area contributed by atoms with Crippen molar-refractivity contribution in [2.75, 3.05) is 25.0 Å². The van der Waals surface area contributed by atoms with Crippen LogP contribution in [-0.4, -0.2) is 46.7 Å². The Bertz CT molecular complexity index is 974. The van der Waals surface area contributed by atoms with Crippen LogP contribution in [0, 0.1) is 0 Å². The lowest BCUT2D eigenvalue weighted by molar-refractivity contribution is -0.0212. The van der Waals surface area contributed by atoms with Crippen LogP contribution in [0.1, 0.15) is 12.5 Å². The van der Waals surface area contributed by atoms with Crippen LogP contribution in [0.4, 0.5) is 10.5 Å². The highest BCUT2D eigenvalue weighted by atomic mass is 32.1. The molecular formula is C21H23N5O2S. The van der Waals surface area contributed by atoms with E-state index in [1.165, 1.54) is 16.9 Å². The summed E-state index contributed by atoms with van der Waals surface area (Å²) in [6, 6.07) is 11.6. The first kappa shape index (κ1) is 19.5. The summed E-state index contributed by atoms with van der Waals surface area (Å²) in [7, 11) is 0. The van der Waals surface area contributed by atoms with Gasteiger partial charge in [0.2, 0.25) is 0 Å². The van der Waals surface area contributed by atoms with Gasteiger partial charge in [0, 0.05) is 36.9 Å². The first-order chi connectivity index (χ1) is 14.1. The highest BCUT2D eigenvalue weighted by Crippen LogP contribution is 2.40. The predicted molar refractivity (Wildman–Crippen MR) is 115 cm³/mol. The molecule has 8 heteroatoms. The van der Waals surface area contributed by atoms with Gasteiger partial charge in [0.1, 0.15) is 0 Å². The van der Waals surface area contributed by atoms with Crippen LogP contribution in [0.25, 0.3) is 21.1 Å². The number of rotatable bonds is 5. The molecule has 0 saturated carbocycles. The van der Waals surface area contributed by atoms with Crippen molar-refractivity contribution in [3.63, 3.8) is 0 Å². The Morgan fingerprint density at radius 1 is 1.31 bits per heavy atom. The third-order valence-electron chi connectivity index (χ3n) is 4.73. The zero-order valence-electron chi connectivity index (χ0n) is 16.2. The maximum absolute atomic E-state index is 11.4. The van der Waals surface area contributed by atoms with Crippen LogP contribution in [0.5, 0.6) is 0 Å². The number of anilines is 1. The summed E-state index contributed by atoms with van der Waals surface area (Å²) >= 11 is 1.53. The fourth-order valence-corrected chi connectivity index (χ4v) is 4.48. The van der Waals surface area contributed by atoms with Crippen molar-refractivity contribution >= 4 is 23.1 Å². The number of carbonyl (C=O) groups is 1. The van der Waals surface area contributed by atoms with Gasteiger partial charge in [0.05, 0.1) is 23.3 Å². The highest BCUT2D eigenvalue weighted by Gasteiger charge is 2.18. The van der Waals surface area contributed by atoms with E-state index >= 15 is 0 Å². The summed E-state index contributed by atoms with van der Waals surface area (Å²) in [6.45, 7) is 5.72. The quantitative estimate of drug-likeness (QED) is 0.672. The zero-order chi connectivity index (χ0) is 20.2. The molecule has 3 heterocycles. The number of ether oxygens (including phenoxy) is 1. The van der Waals surface area contributed by atoms with Gasteiger partial charge in [0.25, 0.3) is 0 Å². The molecule has 1 atom stereocenters. The number of hydrogen-bond acceptors (Lipinski definition) is 6. The average Bonchev–Trinajstić information content (AvgIpc) is 3.12. The van der Waals surface area contributed by atoms with E-state index in [-0.39, 0.29) is 6.10 Å². The van der Waals surface area contributed by atoms with E-state index in [4.69, 9.17) is 10.5 Å². The molecule has 0 radical (unpaired) electrons. The number of aromatic nitrogens is 2. The van der Waals surface area contributed by atoms with Crippen molar-refractivity contribution in [2.45, 2.75) is 19.6 Å². The molecule has 3 N–H and O–H groups in total. The van der Waals surface area contributed by atoms with Crippen LogP contribution in [0.2, 0.25) is 0 Å². The molecule has 0 bridgehead atoms. The van der Waals surface area contributed by atoms with Crippen LogP contribution in [-0.2, 0) is 11.3 Å². The molecule has 4 rings (SSSR count). The molecule has 7 nitrogen and oxygen atoms in total. The summed E-state index contributed by atoms with van der Waals surface area (Å²) in [6.07, 6.45) is 3.64. The summed E-state index contributed by atoms with van der Waals surface area (Å²) in [5.74, 6) is 0.561. The number of nitrogens with one attached hydrogen (secondary N) is 1. The molecule has 0 aliphatic carbocycles. The minimum absolute atomic E-state index is 0.281. The maximum Gasteiger partial charge on any atom is 0.316 e. The van der Waals surface area contributed by atoms with Crippen LogP contribution in [0.15, 0.2) is 48.8 Å². The number of nitrogens with two attached hydrogens (primary N) is 1. The Morgan fingerprint density at radius 3 is 2.76 bits per heavy atom. The molecular weight excluding hydrogens is 386 g/mol. The number of amides is 2. The number of hydrogen-bond donors (Lipinski definition) is 2. The van der Waals surface area contributed by atoms with Gasteiger partial charge in [-0.2, -0.15) is 0 Å². The van der Waals surface area contributed by atoms with Gasteiger partial charge in [-0.25, -0.2) is 14.8 Å². The first-order valence-corrected chi connectivity index (χ1v) is 10.3. The molecule has 1 fully saturated rings. The van der Waals surface area contributed by atoms with Crippen molar-refractivity contribution in [3.05, 3.63) is 54.4 Å². The van der Waals surface area contributed by atoms with Crippen molar-refractivity contribution in [2.24, 2.45) is 5.73 Å². The zero-order valence-corrected chi connectivity index (χ0v) is 17.0. The number of nitrogens with zero attached hydrogens (tertiary/aromatic N) is 3. The van der Waals surface area contributed by atoms with E-state index in [1.807, 2.05) is 6.07 Å². The van der Waals surface area contributed by atoms with Gasteiger partial charge in [-0.05, 0) is 30.2 Å². The van der Waals surface area contributed by atoms with Crippen molar-refractivity contribution in [1.82, 2.24) is 14.9 Å². The molecule has 2 aromatic heterocycles. The monoisotopic (exact) mass is 409 g/mol. The Balaban J connectivity index is 1.56. The van der Waals surface area contributed by atoms with Gasteiger partial charge >= 0.3 is 6.03 Å². The lowest BCUT2D eigenvalue weighted by Gasteiger charge is -2.31. The van der Waals surface area contributed by atoms with Crippen LogP contribution in [0.3, 0.4) is 0 Å². The number of carbonyl (C=O) groups excluding carboxylic acids is 1. The van der Waals surface area contributed by atoms with E-state index in [0.29, 0.717) is 11.5 Å². The molecule has 3 aromatic rings. The standard InChI is InChI=1S/C21H23N5O2S/c1-14-12-26(9-10-28-14)13-15-3-5-16(6-4-15)18-11-17(25-21(22)27)19(29-18)20-23-7-2-8-24-20/h2-8,11,14H,9-10,12-13H2,1H3,(H3,22,25,27)/t14-/m0/s1. The molecule has 150 valence electrons. The smallest absolute Gasteiger partial charge is 0.316 e. The van der Waals surface area contributed by atoms with Gasteiger partial charge in [-0.15, -0.1) is 11.3 Å². The normalized spacial score (nSPS) is 17.2. The highest BCUT2D eigenvalue weighted by molar-refractivity contribution is 7.19. The Labute approximate surface area is 173 Å². The third-order valence-corrected chi connectivity index (χ3v) is 5.91. The third kappa shape index (κ3) is 4.79. The number of thiophene rings is 1. The Hall–Kier alpha value is -2.81. The van der Waals surface area contributed by atoms with Crippen LogP contribution >= 0.6 is 11.3 Å². The molecule has 0 unspecified atom stereocenters. The lowest BCUT2D eigenvalue weighted by atomic mass is 10.1. The van der Waals surface area contributed by atoms with E-state index < -0.39 is 6.03 Å². The van der Waals surface area contributed by atoms with E-state index in [0.717, 1.165) is 41.6 Å². The van der Waals surface area contributed by atoms with Gasteiger partial charge in [-0.3, -0.25) is 4.90 Å². The van der Waals surface area contributed by atoms with E-state index in [2.05, 4.69) is 51.4 Å². The maximum atomic E-state index is 11.4. The van der Waals surface area contributed by atoms with Crippen molar-refractivity contribution in [1.29, 1.82) is 0 Å². The second-order valence-electron chi connectivity index (χ2n) is 7.03. The van der Waals surface area contributed by atoms with Crippen LogP contribution < -0.4 is 11.1 Å². The number of benzene rings is 1. The van der Waals surface area contributed by atoms with E-state index in [1.54, 1.807) is 18.5 Å². The topological polar surface area (TPSA) is 93.4 Å². The Morgan fingerprint density at radius 2 is 2.07 bits per heavy atom. The summed E-state index contributed by atoms with van der Waals surface area (Å²) in [4.78, 5) is 24.2. The predicted octanol–water partition coefficient (Wildman–Crippen LogP) is 3.58. The molecule has 1 saturated heterocycles. The van der Waals surface area contributed by atoms with Gasteiger partial charge in [0.15, 0.2) is 5.82 Å². The van der Waals surface area contributed by atoms with Gasteiger partial charge in [-0.1, -0.05) is 24.3 Å². The van der Waals surface area contributed by atoms with E-state index in [9.17, 15) is 4.79 Å². The molecule has 2 amide bonds.